The Morgan fingerprint density at radius 1 is 1.13 bits per heavy atom. The van der Waals surface area contributed by atoms with Crippen molar-refractivity contribution in [1.29, 1.82) is 0 Å². The van der Waals surface area contributed by atoms with Crippen molar-refractivity contribution in [3.63, 3.8) is 0 Å². The van der Waals surface area contributed by atoms with E-state index in [9.17, 15) is 18.0 Å². The molecule has 1 N–H and O–H groups in total. The highest BCUT2D eigenvalue weighted by atomic mass is 32.2. The number of carbonyl (C=O) groups excluding carboxylic acids is 1. The van der Waals surface area contributed by atoms with Crippen LogP contribution in [0.4, 0.5) is 24.5 Å². The molecule has 30 heavy (non-hydrogen) atoms. The maximum atomic E-state index is 13.0. The number of nitrogens with zero attached hydrogens (tertiary/aromatic N) is 1. The van der Waals surface area contributed by atoms with E-state index in [-0.39, 0.29) is 12.3 Å². The summed E-state index contributed by atoms with van der Waals surface area (Å²) in [5, 5.41) is 2.53. The Labute approximate surface area is 182 Å². The molecule has 3 rings (SSSR count). The van der Waals surface area contributed by atoms with Gasteiger partial charge in [0.1, 0.15) is 5.75 Å². The summed E-state index contributed by atoms with van der Waals surface area (Å²) in [7, 11) is 3.39. The Morgan fingerprint density at radius 2 is 1.80 bits per heavy atom. The van der Waals surface area contributed by atoms with E-state index in [1.165, 1.54) is 18.1 Å². The second kappa shape index (κ2) is 9.87. The molecule has 0 atom stereocenters. The number of alkyl halides is 3. The van der Waals surface area contributed by atoms with Gasteiger partial charge >= 0.3 is 6.18 Å². The van der Waals surface area contributed by atoms with Gasteiger partial charge in [-0.3, -0.25) is 4.79 Å². The molecule has 1 fully saturated rings. The number of thioether (sulfide) groups is 2. The highest BCUT2D eigenvalue weighted by molar-refractivity contribution is 8.16. The second-order valence-electron chi connectivity index (χ2n) is 6.96. The number of benzene rings is 2. The quantitative estimate of drug-likeness (QED) is 0.608. The van der Waals surface area contributed by atoms with Crippen molar-refractivity contribution in [2.45, 2.75) is 17.2 Å². The van der Waals surface area contributed by atoms with E-state index < -0.39 is 17.6 Å². The zero-order chi connectivity index (χ0) is 21.7. The Balaban J connectivity index is 1.61. The third kappa shape index (κ3) is 6.01. The van der Waals surface area contributed by atoms with Crippen molar-refractivity contribution < 1.29 is 22.7 Å². The first-order valence-corrected chi connectivity index (χ1v) is 11.5. The Hall–Kier alpha value is -2.00. The van der Waals surface area contributed by atoms with Crippen LogP contribution in [0.15, 0.2) is 42.5 Å². The average Bonchev–Trinajstić information content (AvgIpc) is 2.72. The minimum absolute atomic E-state index is 0.0881. The van der Waals surface area contributed by atoms with Crippen molar-refractivity contribution in [1.82, 2.24) is 0 Å². The lowest BCUT2D eigenvalue weighted by Gasteiger charge is -2.21. The number of hydrogen-bond acceptors (Lipinski definition) is 5. The predicted molar refractivity (Wildman–Crippen MR) is 119 cm³/mol. The summed E-state index contributed by atoms with van der Waals surface area (Å²) in [4.78, 5) is 13.9. The van der Waals surface area contributed by atoms with Gasteiger partial charge in [-0.25, -0.2) is 0 Å². The second-order valence-corrected chi connectivity index (χ2v) is 9.68. The van der Waals surface area contributed by atoms with Gasteiger partial charge in [0, 0.05) is 14.1 Å². The van der Waals surface area contributed by atoms with E-state index in [4.69, 9.17) is 4.74 Å². The summed E-state index contributed by atoms with van der Waals surface area (Å²) in [6.45, 7) is -0.296. The van der Waals surface area contributed by atoms with Crippen LogP contribution in [0.1, 0.15) is 22.1 Å². The monoisotopic (exact) mass is 456 g/mol. The zero-order valence-corrected chi connectivity index (χ0v) is 18.3. The molecule has 1 aliphatic rings. The van der Waals surface area contributed by atoms with Gasteiger partial charge in [-0.1, -0.05) is 12.1 Å². The van der Waals surface area contributed by atoms with Gasteiger partial charge in [-0.05, 0) is 53.8 Å². The fourth-order valence-electron chi connectivity index (χ4n) is 2.94. The standard InChI is InChI=1S/C21H23F3N2O2S2/c1-26(2)18-9-6-15(21(22,23)24)12-17(18)25-19(27)13-28-16-7-4-14(5-8-16)20-29-10-3-11-30-20/h4-9,12,20H,3,10-11,13H2,1-2H3,(H,25,27). The first kappa shape index (κ1) is 22.7. The van der Waals surface area contributed by atoms with Gasteiger partial charge in [0.2, 0.25) is 0 Å². The summed E-state index contributed by atoms with van der Waals surface area (Å²) in [5.74, 6) is 2.32. The van der Waals surface area contributed by atoms with E-state index in [2.05, 4.69) is 5.32 Å². The minimum Gasteiger partial charge on any atom is -0.484 e. The fourth-order valence-corrected chi connectivity index (χ4v) is 5.83. The molecule has 2 aromatic carbocycles. The van der Waals surface area contributed by atoms with Gasteiger partial charge in [0.25, 0.3) is 5.91 Å². The summed E-state index contributed by atoms with van der Waals surface area (Å²) in [6.07, 6.45) is -3.26. The fraction of sp³-hybridized carbons (Fsp3) is 0.381. The Kier molecular flexibility index (Phi) is 7.46. The molecule has 0 bridgehead atoms. The Bertz CT molecular complexity index is 868. The molecule has 162 valence electrons. The first-order chi connectivity index (χ1) is 14.2. The molecule has 0 radical (unpaired) electrons. The topological polar surface area (TPSA) is 41.6 Å². The molecule has 9 heteroatoms. The summed E-state index contributed by atoms with van der Waals surface area (Å²) < 4.78 is 45.0. The van der Waals surface area contributed by atoms with E-state index in [1.54, 1.807) is 19.0 Å². The molecule has 1 saturated heterocycles. The van der Waals surface area contributed by atoms with Gasteiger partial charge in [0.15, 0.2) is 6.61 Å². The van der Waals surface area contributed by atoms with Crippen LogP contribution < -0.4 is 15.0 Å². The van der Waals surface area contributed by atoms with Gasteiger partial charge in [0.05, 0.1) is 21.5 Å². The van der Waals surface area contributed by atoms with Crippen molar-refractivity contribution in [3.8, 4) is 5.75 Å². The lowest BCUT2D eigenvalue weighted by Crippen LogP contribution is -2.22. The molecule has 0 saturated carbocycles. The largest absolute Gasteiger partial charge is 0.484 e. The molecule has 0 aromatic heterocycles. The molecule has 0 aliphatic carbocycles. The van der Waals surface area contributed by atoms with Crippen LogP contribution in [0, 0.1) is 0 Å². The number of halogens is 3. The molecule has 4 nitrogen and oxygen atoms in total. The van der Waals surface area contributed by atoms with E-state index in [0.29, 0.717) is 16.0 Å². The molecular weight excluding hydrogens is 433 g/mol. The molecule has 2 aromatic rings. The molecule has 1 heterocycles. The first-order valence-electron chi connectivity index (χ1n) is 9.38. The highest BCUT2D eigenvalue weighted by Gasteiger charge is 2.31. The third-order valence-electron chi connectivity index (χ3n) is 4.43. The summed E-state index contributed by atoms with van der Waals surface area (Å²) >= 11 is 3.84. The summed E-state index contributed by atoms with van der Waals surface area (Å²) in [5.41, 5.74) is 0.952. The minimum atomic E-state index is -4.49. The normalized spacial score (nSPS) is 15.0. The molecule has 1 aliphatic heterocycles. The number of rotatable bonds is 6. The maximum absolute atomic E-state index is 13.0. The summed E-state index contributed by atoms with van der Waals surface area (Å²) in [6, 6.07) is 10.9. The molecule has 0 unspecified atom stereocenters. The predicted octanol–water partition coefficient (Wildman–Crippen LogP) is 5.66. The van der Waals surface area contributed by atoms with E-state index >= 15 is 0 Å². The van der Waals surface area contributed by atoms with Crippen LogP contribution in [0.5, 0.6) is 5.75 Å². The number of carbonyl (C=O) groups is 1. The van der Waals surface area contributed by atoms with Crippen LogP contribution in [0.2, 0.25) is 0 Å². The SMILES string of the molecule is CN(C)c1ccc(C(F)(F)F)cc1NC(=O)COc1ccc(C2SCCCS2)cc1. The molecule has 0 spiro atoms. The van der Waals surface area contributed by atoms with Gasteiger partial charge in [-0.15, -0.1) is 23.5 Å². The number of nitrogens with one attached hydrogen (secondary N) is 1. The molecular formula is C21H23F3N2O2S2. The van der Waals surface area contributed by atoms with Crippen molar-refractivity contribution in [3.05, 3.63) is 53.6 Å². The maximum Gasteiger partial charge on any atom is 0.416 e. The van der Waals surface area contributed by atoms with Crippen LogP contribution in [0.3, 0.4) is 0 Å². The van der Waals surface area contributed by atoms with Gasteiger partial charge in [-0.2, -0.15) is 13.2 Å². The lowest BCUT2D eigenvalue weighted by molar-refractivity contribution is -0.137. The third-order valence-corrected chi connectivity index (χ3v) is 7.44. The van der Waals surface area contributed by atoms with E-state index in [0.717, 1.165) is 23.6 Å². The number of ether oxygens (including phenoxy) is 1. The van der Waals surface area contributed by atoms with Crippen molar-refractivity contribution in [2.75, 3.05) is 42.4 Å². The number of anilines is 2. The molecule has 1 amide bonds. The van der Waals surface area contributed by atoms with Crippen LogP contribution in [-0.2, 0) is 11.0 Å². The van der Waals surface area contributed by atoms with Gasteiger partial charge < -0.3 is 15.0 Å². The van der Waals surface area contributed by atoms with Crippen LogP contribution in [-0.4, -0.2) is 38.1 Å². The Morgan fingerprint density at radius 3 is 2.40 bits per heavy atom. The smallest absolute Gasteiger partial charge is 0.416 e. The van der Waals surface area contributed by atoms with Crippen molar-refractivity contribution >= 4 is 40.8 Å². The van der Waals surface area contributed by atoms with Crippen LogP contribution in [0.25, 0.3) is 0 Å². The number of hydrogen-bond donors (Lipinski definition) is 1. The number of amides is 1. The average molecular weight is 457 g/mol. The van der Waals surface area contributed by atoms with Crippen molar-refractivity contribution in [2.24, 2.45) is 0 Å². The van der Waals surface area contributed by atoms with Crippen LogP contribution >= 0.6 is 23.5 Å². The zero-order valence-electron chi connectivity index (χ0n) is 16.7. The lowest BCUT2D eigenvalue weighted by atomic mass is 10.1. The van der Waals surface area contributed by atoms with E-state index in [1.807, 2.05) is 47.8 Å². The highest BCUT2D eigenvalue weighted by Crippen LogP contribution is 2.43.